The highest BCUT2D eigenvalue weighted by atomic mass is 16.6. The van der Waals surface area contributed by atoms with Gasteiger partial charge in [0.2, 0.25) is 0 Å². The first kappa shape index (κ1) is 14.8. The Labute approximate surface area is 101 Å². The number of ether oxygens (including phenoxy) is 1. The molecule has 0 aromatic carbocycles. The van der Waals surface area contributed by atoms with Gasteiger partial charge in [-0.2, -0.15) is 0 Å². The van der Waals surface area contributed by atoms with Crippen LogP contribution in [-0.2, 0) is 4.74 Å². The van der Waals surface area contributed by atoms with E-state index in [1.807, 2.05) is 0 Å². The molecule has 0 radical (unpaired) electrons. The second-order valence-corrected chi connectivity index (χ2v) is 4.42. The summed E-state index contributed by atoms with van der Waals surface area (Å²) in [6.07, 6.45) is -1.39. The predicted octanol–water partition coefficient (Wildman–Crippen LogP) is -1.43. The molecule has 1 fully saturated rings. The molecule has 1 heterocycles. The largest absolute Gasteiger partial charge is 0.394 e. The van der Waals surface area contributed by atoms with Gasteiger partial charge in [0.25, 0.3) is 0 Å². The fraction of sp³-hybridized carbons (Fsp3) is 1.00. The SMILES string of the molecule is CCCCCN[C@@H]1C(O)O[C@H](CO)[C@@H](O)[C@@H]1O. The minimum absolute atomic E-state index is 0.433. The van der Waals surface area contributed by atoms with Crippen molar-refractivity contribution in [3.63, 3.8) is 0 Å². The standard InChI is InChI=1S/C11H23NO5/c1-2-3-4-5-12-8-10(15)9(14)7(6-13)17-11(8)16/h7-16H,2-6H2,1H3/t7-,8+,9-,10-,11?/m1/s1. The summed E-state index contributed by atoms with van der Waals surface area (Å²) in [6, 6.07) is -0.718. The van der Waals surface area contributed by atoms with Gasteiger partial charge in [0.15, 0.2) is 6.29 Å². The third kappa shape index (κ3) is 3.87. The zero-order valence-corrected chi connectivity index (χ0v) is 10.1. The average molecular weight is 249 g/mol. The Morgan fingerprint density at radius 2 is 1.82 bits per heavy atom. The molecule has 0 saturated carbocycles. The van der Waals surface area contributed by atoms with Crippen molar-refractivity contribution in [3.8, 4) is 0 Å². The van der Waals surface area contributed by atoms with E-state index in [0.717, 1.165) is 19.3 Å². The van der Waals surface area contributed by atoms with Gasteiger partial charge in [0.1, 0.15) is 18.3 Å². The minimum Gasteiger partial charge on any atom is -0.394 e. The molecule has 5 N–H and O–H groups in total. The zero-order valence-electron chi connectivity index (χ0n) is 10.1. The van der Waals surface area contributed by atoms with Crippen LogP contribution in [0.5, 0.6) is 0 Å². The van der Waals surface area contributed by atoms with Crippen molar-refractivity contribution in [2.24, 2.45) is 0 Å². The number of aliphatic hydroxyl groups excluding tert-OH is 4. The Morgan fingerprint density at radius 3 is 2.41 bits per heavy atom. The van der Waals surface area contributed by atoms with Crippen LogP contribution in [0, 0.1) is 0 Å². The predicted molar refractivity (Wildman–Crippen MR) is 61.3 cm³/mol. The number of unbranched alkanes of at least 4 members (excludes halogenated alkanes) is 2. The Bertz CT molecular complexity index is 216. The van der Waals surface area contributed by atoms with E-state index in [4.69, 9.17) is 9.84 Å². The van der Waals surface area contributed by atoms with Crippen LogP contribution in [0.1, 0.15) is 26.2 Å². The molecule has 1 rings (SSSR count). The van der Waals surface area contributed by atoms with Crippen molar-refractivity contribution in [1.82, 2.24) is 5.32 Å². The van der Waals surface area contributed by atoms with Gasteiger partial charge >= 0.3 is 0 Å². The Balaban J connectivity index is 2.43. The normalized spacial score (nSPS) is 38.3. The van der Waals surface area contributed by atoms with Crippen LogP contribution in [0.3, 0.4) is 0 Å². The average Bonchev–Trinajstić information content (AvgIpc) is 2.32. The highest BCUT2D eigenvalue weighted by molar-refractivity contribution is 4.92. The monoisotopic (exact) mass is 249 g/mol. The summed E-state index contributed by atoms with van der Waals surface area (Å²) < 4.78 is 5.02. The van der Waals surface area contributed by atoms with Crippen molar-refractivity contribution in [2.75, 3.05) is 13.2 Å². The van der Waals surface area contributed by atoms with E-state index < -0.39 is 37.3 Å². The lowest BCUT2D eigenvalue weighted by atomic mass is 9.97. The van der Waals surface area contributed by atoms with E-state index >= 15 is 0 Å². The molecule has 1 aliphatic rings. The van der Waals surface area contributed by atoms with Crippen LogP contribution < -0.4 is 5.32 Å². The molecular formula is C11H23NO5. The molecule has 6 heteroatoms. The van der Waals surface area contributed by atoms with Crippen molar-refractivity contribution in [3.05, 3.63) is 0 Å². The van der Waals surface area contributed by atoms with Crippen LogP contribution in [-0.4, -0.2) is 64.2 Å². The molecule has 5 atom stereocenters. The van der Waals surface area contributed by atoms with E-state index in [0.29, 0.717) is 6.54 Å². The van der Waals surface area contributed by atoms with Gasteiger partial charge in [-0.05, 0) is 13.0 Å². The quantitative estimate of drug-likeness (QED) is 0.370. The minimum atomic E-state index is -1.22. The third-order valence-electron chi connectivity index (χ3n) is 3.06. The molecule has 0 amide bonds. The highest BCUT2D eigenvalue weighted by Gasteiger charge is 2.43. The second-order valence-electron chi connectivity index (χ2n) is 4.42. The molecule has 6 nitrogen and oxygen atoms in total. The molecule has 1 unspecified atom stereocenters. The van der Waals surface area contributed by atoms with E-state index in [1.54, 1.807) is 0 Å². The first-order chi connectivity index (χ1) is 8.11. The summed E-state index contributed by atoms with van der Waals surface area (Å²) in [5.41, 5.74) is 0. The van der Waals surface area contributed by atoms with E-state index in [-0.39, 0.29) is 0 Å². The second kappa shape index (κ2) is 7.25. The molecule has 0 aliphatic carbocycles. The van der Waals surface area contributed by atoms with Crippen molar-refractivity contribution in [1.29, 1.82) is 0 Å². The van der Waals surface area contributed by atoms with Crippen LogP contribution in [0.4, 0.5) is 0 Å². The lowest BCUT2D eigenvalue weighted by Crippen LogP contribution is -2.63. The molecule has 1 aliphatic heterocycles. The summed E-state index contributed by atoms with van der Waals surface area (Å²) in [5.74, 6) is 0. The Kier molecular flexibility index (Phi) is 6.32. The lowest BCUT2D eigenvalue weighted by molar-refractivity contribution is -0.254. The van der Waals surface area contributed by atoms with E-state index in [1.165, 1.54) is 0 Å². The molecule has 102 valence electrons. The third-order valence-corrected chi connectivity index (χ3v) is 3.06. The molecule has 1 saturated heterocycles. The van der Waals surface area contributed by atoms with Crippen molar-refractivity contribution in [2.45, 2.75) is 56.8 Å². The van der Waals surface area contributed by atoms with Gasteiger partial charge in [0, 0.05) is 0 Å². The summed E-state index contributed by atoms with van der Waals surface area (Å²) in [6.45, 7) is 2.30. The van der Waals surface area contributed by atoms with E-state index in [2.05, 4.69) is 12.2 Å². The topological polar surface area (TPSA) is 102 Å². The fourth-order valence-corrected chi connectivity index (χ4v) is 1.96. The van der Waals surface area contributed by atoms with Crippen LogP contribution in [0.15, 0.2) is 0 Å². The first-order valence-electron chi connectivity index (χ1n) is 6.15. The number of rotatable bonds is 6. The maximum Gasteiger partial charge on any atom is 0.173 e. The maximum absolute atomic E-state index is 9.80. The van der Waals surface area contributed by atoms with Gasteiger partial charge in [-0.15, -0.1) is 0 Å². The maximum atomic E-state index is 9.80. The van der Waals surface area contributed by atoms with Crippen molar-refractivity contribution >= 4 is 0 Å². The van der Waals surface area contributed by atoms with Crippen LogP contribution >= 0.6 is 0 Å². The fourth-order valence-electron chi connectivity index (χ4n) is 1.96. The van der Waals surface area contributed by atoms with Crippen molar-refractivity contribution < 1.29 is 25.2 Å². The van der Waals surface area contributed by atoms with Gasteiger partial charge in [0.05, 0.1) is 12.6 Å². The molecule has 0 aromatic rings. The smallest absolute Gasteiger partial charge is 0.173 e. The molecule has 17 heavy (non-hydrogen) atoms. The van der Waals surface area contributed by atoms with Gasteiger partial charge < -0.3 is 30.5 Å². The zero-order chi connectivity index (χ0) is 12.8. The highest BCUT2D eigenvalue weighted by Crippen LogP contribution is 2.19. The summed E-state index contributed by atoms with van der Waals surface area (Å²) in [4.78, 5) is 0. The van der Waals surface area contributed by atoms with Gasteiger partial charge in [-0.25, -0.2) is 0 Å². The van der Waals surface area contributed by atoms with E-state index in [9.17, 15) is 15.3 Å². The Hall–Kier alpha value is -0.240. The number of hydrogen-bond acceptors (Lipinski definition) is 6. The summed E-state index contributed by atoms with van der Waals surface area (Å²) in [5, 5.41) is 41.0. The number of aliphatic hydroxyl groups is 4. The number of hydrogen-bond donors (Lipinski definition) is 5. The molecular weight excluding hydrogens is 226 g/mol. The van der Waals surface area contributed by atoms with Gasteiger partial charge in [-0.1, -0.05) is 19.8 Å². The summed E-state index contributed by atoms with van der Waals surface area (Å²) >= 11 is 0. The molecule has 0 spiro atoms. The molecule has 0 aromatic heterocycles. The number of nitrogens with one attached hydrogen (secondary N) is 1. The Morgan fingerprint density at radius 1 is 1.12 bits per heavy atom. The first-order valence-corrected chi connectivity index (χ1v) is 6.15. The van der Waals surface area contributed by atoms with Crippen LogP contribution in [0.25, 0.3) is 0 Å². The summed E-state index contributed by atoms with van der Waals surface area (Å²) in [7, 11) is 0. The lowest BCUT2D eigenvalue weighted by Gasteiger charge is -2.40. The molecule has 0 bridgehead atoms. The van der Waals surface area contributed by atoms with Gasteiger partial charge in [-0.3, -0.25) is 0 Å². The van der Waals surface area contributed by atoms with Crippen LogP contribution in [0.2, 0.25) is 0 Å².